The third kappa shape index (κ3) is 15.3. The van der Waals surface area contributed by atoms with Gasteiger partial charge in [0.05, 0.1) is 59.5 Å². The van der Waals surface area contributed by atoms with E-state index in [0.29, 0.717) is 26.2 Å². The van der Waals surface area contributed by atoms with E-state index in [1.54, 1.807) is 0 Å². The lowest BCUT2D eigenvalue weighted by molar-refractivity contribution is -0.379. The highest BCUT2D eigenvalue weighted by atomic mass is 16.8. The minimum Gasteiger partial charge on any atom is -0.385 e. The summed E-state index contributed by atoms with van der Waals surface area (Å²) in [5, 5.41) is 12.7. The summed E-state index contributed by atoms with van der Waals surface area (Å²) in [5.41, 5.74) is 5.84. The van der Waals surface area contributed by atoms with Crippen molar-refractivity contribution in [3.63, 3.8) is 0 Å². The topological polar surface area (TPSA) is 113 Å². The zero-order valence-corrected chi connectivity index (χ0v) is 39.7. The number of aliphatic hydroxyl groups excluding tert-OH is 1. The van der Waals surface area contributed by atoms with Gasteiger partial charge in [-0.2, -0.15) is 0 Å². The molecule has 70 heavy (non-hydrogen) atoms. The van der Waals surface area contributed by atoms with Crippen LogP contribution in [0.5, 0.6) is 0 Å². The molecule has 6 aromatic rings. The largest absolute Gasteiger partial charge is 0.385 e. The summed E-state index contributed by atoms with van der Waals surface area (Å²) in [4.78, 5) is 0. The SMILES string of the molecule is C=CCCCO[C@@H]1O[C@H](COCc2ccccc2)[C@@H](OCc2ccccc2)[C@H](OCc2ccccc2)[C@H]1OC1O[C@H](COCc2ccccc2)[C@@H](OCc2ccccc2)[C@H](OCc2ccccc2)[C@H]1O. The molecule has 0 bridgehead atoms. The third-order valence-corrected chi connectivity index (χ3v) is 12.3. The van der Waals surface area contributed by atoms with Crippen molar-refractivity contribution >= 4 is 0 Å². The minimum atomic E-state index is -1.36. The Morgan fingerprint density at radius 2 is 0.743 bits per heavy atom. The normalized spacial score (nSPS) is 24.5. The molecule has 10 atom stereocenters. The third-order valence-electron chi connectivity index (χ3n) is 12.3. The number of rotatable bonds is 27. The molecule has 6 aromatic carbocycles. The van der Waals surface area contributed by atoms with Gasteiger partial charge in [-0.1, -0.05) is 188 Å². The first-order chi connectivity index (χ1) is 34.6. The van der Waals surface area contributed by atoms with Crippen LogP contribution in [0.15, 0.2) is 195 Å². The summed E-state index contributed by atoms with van der Waals surface area (Å²) >= 11 is 0. The van der Waals surface area contributed by atoms with Gasteiger partial charge in [-0.25, -0.2) is 0 Å². The molecule has 2 aliphatic rings. The zero-order chi connectivity index (χ0) is 48.0. The van der Waals surface area contributed by atoms with Gasteiger partial charge in [-0.15, -0.1) is 6.58 Å². The van der Waals surface area contributed by atoms with E-state index in [1.807, 2.05) is 188 Å². The fraction of sp³-hybridized carbons (Fsp3) is 0.356. The van der Waals surface area contributed by atoms with Crippen LogP contribution in [-0.2, 0) is 87.0 Å². The number of unbranched alkanes of at least 4 members (excludes halogenated alkanes) is 1. The molecule has 8 rings (SSSR count). The Hall–Kier alpha value is -5.38. The summed E-state index contributed by atoms with van der Waals surface area (Å²) in [5.74, 6) is 0. The van der Waals surface area contributed by atoms with E-state index >= 15 is 0 Å². The number of allylic oxidation sites excluding steroid dienone is 1. The van der Waals surface area contributed by atoms with E-state index < -0.39 is 61.4 Å². The second-order valence-electron chi connectivity index (χ2n) is 17.5. The van der Waals surface area contributed by atoms with Crippen LogP contribution in [0.1, 0.15) is 46.2 Å². The minimum absolute atomic E-state index is 0.104. The van der Waals surface area contributed by atoms with Gasteiger partial charge >= 0.3 is 0 Å². The molecule has 0 aromatic heterocycles. The first-order valence-electron chi connectivity index (χ1n) is 24.3. The Bertz CT molecular complexity index is 2330. The summed E-state index contributed by atoms with van der Waals surface area (Å²) in [7, 11) is 0. The van der Waals surface area contributed by atoms with Crippen molar-refractivity contribution in [3.05, 3.63) is 228 Å². The maximum Gasteiger partial charge on any atom is 0.187 e. The van der Waals surface area contributed by atoms with Crippen LogP contribution in [0.2, 0.25) is 0 Å². The molecule has 2 heterocycles. The molecule has 0 saturated carbocycles. The van der Waals surface area contributed by atoms with E-state index in [2.05, 4.69) is 6.58 Å². The fourth-order valence-corrected chi connectivity index (χ4v) is 8.60. The van der Waals surface area contributed by atoms with Crippen LogP contribution in [-0.4, -0.2) is 86.3 Å². The molecular formula is C59H66O11. The van der Waals surface area contributed by atoms with E-state index in [4.69, 9.17) is 47.4 Å². The van der Waals surface area contributed by atoms with Crippen molar-refractivity contribution < 1.29 is 52.5 Å². The van der Waals surface area contributed by atoms with Crippen molar-refractivity contribution in [2.24, 2.45) is 0 Å². The lowest BCUT2D eigenvalue weighted by Gasteiger charge is -2.49. The molecule has 2 aliphatic heterocycles. The quantitative estimate of drug-likeness (QED) is 0.0394. The number of benzene rings is 6. The lowest BCUT2D eigenvalue weighted by atomic mass is 9.96. The average molecular weight is 951 g/mol. The maximum atomic E-state index is 12.7. The Morgan fingerprint density at radius 3 is 1.14 bits per heavy atom. The summed E-state index contributed by atoms with van der Waals surface area (Å²) in [6.07, 6.45) is -6.07. The molecule has 1 unspecified atom stereocenters. The molecule has 2 fully saturated rings. The van der Waals surface area contributed by atoms with E-state index in [9.17, 15) is 5.11 Å². The van der Waals surface area contributed by atoms with Gasteiger partial charge in [-0.3, -0.25) is 0 Å². The fourth-order valence-electron chi connectivity index (χ4n) is 8.60. The summed E-state index contributed by atoms with van der Waals surface area (Å²) in [6, 6.07) is 59.6. The molecule has 11 nitrogen and oxygen atoms in total. The van der Waals surface area contributed by atoms with Gasteiger partial charge in [0.2, 0.25) is 0 Å². The first-order valence-corrected chi connectivity index (χ1v) is 24.3. The highest BCUT2D eigenvalue weighted by molar-refractivity contribution is 5.18. The van der Waals surface area contributed by atoms with Gasteiger partial charge in [0, 0.05) is 0 Å². The van der Waals surface area contributed by atoms with Crippen molar-refractivity contribution in [2.75, 3.05) is 19.8 Å². The second kappa shape index (κ2) is 27.9. The van der Waals surface area contributed by atoms with Crippen molar-refractivity contribution in [1.82, 2.24) is 0 Å². The van der Waals surface area contributed by atoms with E-state index in [-0.39, 0.29) is 39.6 Å². The Labute approximate surface area is 412 Å². The first kappa shape index (κ1) is 51.0. The van der Waals surface area contributed by atoms with Gasteiger partial charge in [-0.05, 0) is 46.2 Å². The van der Waals surface area contributed by atoms with Crippen molar-refractivity contribution in [3.8, 4) is 0 Å². The van der Waals surface area contributed by atoms with Crippen LogP contribution >= 0.6 is 0 Å². The van der Waals surface area contributed by atoms with Crippen LogP contribution < -0.4 is 0 Å². The van der Waals surface area contributed by atoms with Crippen molar-refractivity contribution in [2.45, 2.75) is 114 Å². The highest BCUT2D eigenvalue weighted by Crippen LogP contribution is 2.36. The van der Waals surface area contributed by atoms with E-state index in [0.717, 1.165) is 39.8 Å². The Morgan fingerprint density at radius 1 is 0.400 bits per heavy atom. The molecule has 0 amide bonds. The molecule has 1 N–H and O–H groups in total. The lowest BCUT2D eigenvalue weighted by Crippen LogP contribution is -2.66. The smallest absolute Gasteiger partial charge is 0.187 e. The zero-order valence-electron chi connectivity index (χ0n) is 39.7. The number of hydrogen-bond acceptors (Lipinski definition) is 11. The van der Waals surface area contributed by atoms with Gasteiger partial charge in [0.25, 0.3) is 0 Å². The molecule has 0 aliphatic carbocycles. The maximum absolute atomic E-state index is 12.7. The molecule has 11 heteroatoms. The predicted octanol–water partition coefficient (Wildman–Crippen LogP) is 9.94. The molecule has 0 spiro atoms. The highest BCUT2D eigenvalue weighted by Gasteiger charge is 2.54. The van der Waals surface area contributed by atoms with Gasteiger partial charge in [0.15, 0.2) is 12.6 Å². The van der Waals surface area contributed by atoms with Crippen molar-refractivity contribution in [1.29, 1.82) is 0 Å². The Balaban J connectivity index is 1.13. The summed E-state index contributed by atoms with van der Waals surface area (Å²) < 4.78 is 67.7. The van der Waals surface area contributed by atoms with Gasteiger partial charge < -0.3 is 52.5 Å². The van der Waals surface area contributed by atoms with E-state index in [1.165, 1.54) is 0 Å². The van der Waals surface area contributed by atoms with Crippen LogP contribution in [0.25, 0.3) is 0 Å². The monoisotopic (exact) mass is 950 g/mol. The number of hydrogen-bond donors (Lipinski definition) is 1. The van der Waals surface area contributed by atoms with Crippen LogP contribution in [0.3, 0.4) is 0 Å². The Kier molecular flexibility index (Phi) is 20.3. The second-order valence-corrected chi connectivity index (χ2v) is 17.5. The van der Waals surface area contributed by atoms with Crippen LogP contribution in [0, 0.1) is 0 Å². The molecule has 2 saturated heterocycles. The predicted molar refractivity (Wildman–Crippen MR) is 266 cm³/mol. The molecule has 0 radical (unpaired) electrons. The summed E-state index contributed by atoms with van der Waals surface area (Å²) in [6.45, 7) is 6.13. The number of aliphatic hydroxyl groups is 1. The standard InChI is InChI=1S/C59H66O11/c1-2-3-22-35-63-59-57(56(67-41-49-33-20-9-21-34-49)54(65-39-47-29-16-7-17-30-47)51(69-59)43-62-37-45-25-12-5-13-26-45)70-58-52(60)55(66-40-48-31-18-8-19-32-48)53(64-38-46-27-14-6-15-28-46)50(68-58)42-61-36-44-23-10-4-11-24-44/h2,4-21,23-34,50-60H,1,3,22,35-43H2/t50-,51-,52-,53-,54-,55-,56+,57-,58?,59-/m1/s1. The van der Waals surface area contributed by atoms with Gasteiger partial charge in [0.1, 0.15) is 48.8 Å². The number of ether oxygens (including phenoxy) is 10. The molecule has 368 valence electrons. The van der Waals surface area contributed by atoms with Crippen LogP contribution in [0.4, 0.5) is 0 Å². The average Bonchev–Trinajstić information content (AvgIpc) is 3.41. The molecular weight excluding hydrogens is 885 g/mol.